The number of rotatable bonds is 9. The number of nitriles is 1. The summed E-state index contributed by atoms with van der Waals surface area (Å²) in [5, 5.41) is 12.5. The van der Waals surface area contributed by atoms with Gasteiger partial charge in [-0.15, -0.1) is 0 Å². The van der Waals surface area contributed by atoms with Gasteiger partial charge in [-0.05, 0) is 56.8 Å². The molecule has 3 aliphatic rings. The molecule has 0 bridgehead atoms. The van der Waals surface area contributed by atoms with E-state index < -0.39 is 0 Å². The van der Waals surface area contributed by atoms with Crippen molar-refractivity contribution in [2.75, 3.05) is 69.9 Å². The van der Waals surface area contributed by atoms with Crippen molar-refractivity contribution in [3.05, 3.63) is 52.7 Å². The van der Waals surface area contributed by atoms with E-state index in [0.29, 0.717) is 44.9 Å². The number of hydrogen-bond acceptors (Lipinski definition) is 9. The first-order valence-corrected chi connectivity index (χ1v) is 15.0. The number of likely N-dealkylation sites (tertiary alicyclic amines) is 2. The summed E-state index contributed by atoms with van der Waals surface area (Å²) >= 11 is 6.71. The average Bonchev–Trinajstić information content (AvgIpc) is 3.64. The fourth-order valence-electron chi connectivity index (χ4n) is 6.53. The van der Waals surface area contributed by atoms with E-state index in [1.807, 2.05) is 17.0 Å². The van der Waals surface area contributed by atoms with Gasteiger partial charge < -0.3 is 29.1 Å². The van der Waals surface area contributed by atoms with Crippen molar-refractivity contribution < 1.29 is 9.47 Å². The average molecular weight is 576 g/mol. The number of methoxy groups -OCH3 is 1. The van der Waals surface area contributed by atoms with Crippen LogP contribution < -0.4 is 14.5 Å². The SMILES string of the molecule is COCCN(c1nc(OC[C@@H]2CCCN2C)nc2c1CCN(c1cccc3cccc(Cl)c13)C2)C1CCN(C#N)C1. The Morgan fingerprint density at radius 1 is 1.12 bits per heavy atom. The molecule has 0 radical (unpaired) electrons. The summed E-state index contributed by atoms with van der Waals surface area (Å²) in [6.07, 6.45) is 6.33. The lowest BCUT2D eigenvalue weighted by molar-refractivity contribution is 0.186. The number of likely N-dealkylation sites (N-methyl/N-ethyl adjacent to an activating group) is 1. The molecule has 9 nitrogen and oxygen atoms in total. The molecule has 2 saturated heterocycles. The van der Waals surface area contributed by atoms with Crippen molar-refractivity contribution in [1.82, 2.24) is 19.8 Å². The van der Waals surface area contributed by atoms with Crippen LogP contribution in [0.1, 0.15) is 30.5 Å². The number of hydrogen-bond donors (Lipinski definition) is 0. The molecule has 2 fully saturated rings. The van der Waals surface area contributed by atoms with E-state index >= 15 is 0 Å². The van der Waals surface area contributed by atoms with Crippen LogP contribution in [-0.2, 0) is 17.7 Å². The molecule has 2 aromatic carbocycles. The van der Waals surface area contributed by atoms with Crippen LogP contribution in [0.2, 0.25) is 5.02 Å². The molecular formula is C31H38ClN7O2. The largest absolute Gasteiger partial charge is 0.462 e. The number of benzene rings is 2. The first-order chi connectivity index (χ1) is 20.1. The zero-order valence-corrected chi connectivity index (χ0v) is 24.7. The zero-order chi connectivity index (χ0) is 28.3. The van der Waals surface area contributed by atoms with Gasteiger partial charge in [-0.2, -0.15) is 15.2 Å². The predicted molar refractivity (Wildman–Crippen MR) is 162 cm³/mol. The van der Waals surface area contributed by atoms with E-state index in [-0.39, 0.29) is 6.04 Å². The molecule has 0 saturated carbocycles. The molecule has 0 N–H and O–H groups in total. The fraction of sp³-hybridized carbons (Fsp3) is 0.516. The lowest BCUT2D eigenvalue weighted by Crippen LogP contribution is -2.42. The van der Waals surface area contributed by atoms with Gasteiger partial charge in [-0.3, -0.25) is 0 Å². The van der Waals surface area contributed by atoms with Crippen molar-refractivity contribution in [1.29, 1.82) is 5.26 Å². The summed E-state index contributed by atoms with van der Waals surface area (Å²) in [4.78, 5) is 19.0. The number of halogens is 1. The van der Waals surface area contributed by atoms with E-state index in [2.05, 4.69) is 52.2 Å². The van der Waals surface area contributed by atoms with Crippen LogP contribution in [0.15, 0.2) is 36.4 Å². The molecule has 41 heavy (non-hydrogen) atoms. The quantitative estimate of drug-likeness (QED) is 0.346. The van der Waals surface area contributed by atoms with E-state index in [1.165, 1.54) is 6.42 Å². The molecule has 6 rings (SSSR count). The van der Waals surface area contributed by atoms with Gasteiger partial charge >= 0.3 is 6.01 Å². The Morgan fingerprint density at radius 3 is 2.73 bits per heavy atom. The Morgan fingerprint density at radius 2 is 1.98 bits per heavy atom. The summed E-state index contributed by atoms with van der Waals surface area (Å²) in [6.45, 7) is 5.84. The minimum atomic E-state index is 0.174. The fourth-order valence-corrected chi connectivity index (χ4v) is 6.81. The van der Waals surface area contributed by atoms with Crippen LogP contribution in [0.3, 0.4) is 0 Å². The van der Waals surface area contributed by atoms with Crippen LogP contribution in [0.25, 0.3) is 10.8 Å². The Kier molecular flexibility index (Phi) is 8.33. The third-order valence-electron chi connectivity index (χ3n) is 8.83. The molecule has 0 spiro atoms. The van der Waals surface area contributed by atoms with Gasteiger partial charge in [0.15, 0.2) is 6.19 Å². The molecule has 10 heteroatoms. The lowest BCUT2D eigenvalue weighted by atomic mass is 10.0. The van der Waals surface area contributed by atoms with Gasteiger partial charge in [-0.25, -0.2) is 0 Å². The Hall–Kier alpha value is -3.32. The highest BCUT2D eigenvalue weighted by Gasteiger charge is 2.33. The molecule has 216 valence electrons. The molecule has 2 atom stereocenters. The Balaban J connectivity index is 1.37. The second-order valence-electron chi connectivity index (χ2n) is 11.3. The number of aromatic nitrogens is 2. The van der Waals surface area contributed by atoms with E-state index in [4.69, 9.17) is 31.0 Å². The second-order valence-corrected chi connectivity index (χ2v) is 11.7. The minimum Gasteiger partial charge on any atom is -0.462 e. The maximum atomic E-state index is 9.54. The summed E-state index contributed by atoms with van der Waals surface area (Å²) in [7, 11) is 3.88. The Labute approximate surface area is 247 Å². The molecule has 1 unspecified atom stereocenters. The van der Waals surface area contributed by atoms with Crippen LogP contribution >= 0.6 is 11.6 Å². The summed E-state index contributed by atoms with van der Waals surface area (Å²) in [5.41, 5.74) is 3.26. The topological polar surface area (TPSA) is 81.0 Å². The third kappa shape index (κ3) is 5.74. The summed E-state index contributed by atoms with van der Waals surface area (Å²) in [6, 6.07) is 13.4. The molecule has 1 aromatic heterocycles. The van der Waals surface area contributed by atoms with E-state index in [9.17, 15) is 5.26 Å². The molecule has 0 aliphatic carbocycles. The summed E-state index contributed by atoms with van der Waals surface area (Å²) in [5.74, 6) is 0.919. The minimum absolute atomic E-state index is 0.174. The van der Waals surface area contributed by atoms with E-state index in [1.54, 1.807) is 7.11 Å². The maximum Gasteiger partial charge on any atom is 0.318 e. The normalized spacial score (nSPS) is 20.8. The van der Waals surface area contributed by atoms with Crippen LogP contribution in [-0.4, -0.2) is 91.9 Å². The number of ether oxygens (including phenoxy) is 2. The third-order valence-corrected chi connectivity index (χ3v) is 9.14. The van der Waals surface area contributed by atoms with Crippen LogP contribution in [0.5, 0.6) is 6.01 Å². The van der Waals surface area contributed by atoms with Gasteiger partial charge in [0.25, 0.3) is 0 Å². The highest BCUT2D eigenvalue weighted by molar-refractivity contribution is 6.36. The van der Waals surface area contributed by atoms with Crippen molar-refractivity contribution in [3.63, 3.8) is 0 Å². The highest BCUT2D eigenvalue weighted by Crippen LogP contribution is 2.37. The van der Waals surface area contributed by atoms with Crippen molar-refractivity contribution in [2.45, 2.75) is 44.3 Å². The monoisotopic (exact) mass is 575 g/mol. The van der Waals surface area contributed by atoms with E-state index in [0.717, 1.165) is 77.5 Å². The smallest absolute Gasteiger partial charge is 0.318 e. The maximum absolute atomic E-state index is 9.54. The van der Waals surface area contributed by atoms with Gasteiger partial charge in [0.05, 0.1) is 29.9 Å². The van der Waals surface area contributed by atoms with Crippen molar-refractivity contribution in [3.8, 4) is 12.2 Å². The number of nitrogens with zero attached hydrogens (tertiary/aromatic N) is 7. The first-order valence-electron chi connectivity index (χ1n) is 14.6. The molecule has 3 aromatic rings. The van der Waals surface area contributed by atoms with Crippen LogP contribution in [0.4, 0.5) is 11.5 Å². The Bertz CT molecular complexity index is 1420. The number of anilines is 2. The molecule has 3 aliphatic heterocycles. The van der Waals surface area contributed by atoms with Gasteiger partial charge in [-0.1, -0.05) is 35.9 Å². The van der Waals surface area contributed by atoms with Gasteiger partial charge in [0.1, 0.15) is 12.4 Å². The van der Waals surface area contributed by atoms with Crippen LogP contribution in [0, 0.1) is 11.5 Å². The molecule has 0 amide bonds. The summed E-state index contributed by atoms with van der Waals surface area (Å²) < 4.78 is 11.8. The standard InChI is InChI=1S/C31H38ClN7O2/c1-36-13-5-8-24(36)20-41-31-34-27-19-38(28-10-4-7-22-6-3-9-26(32)29(22)28)15-12-25(27)30(35-31)39(16-17-40-2)23-11-14-37(18-23)21-33/h3-4,6-7,9-10,23-24H,5,8,11-20H2,1-2H3/t23?,24-/m0/s1. The predicted octanol–water partition coefficient (Wildman–Crippen LogP) is 4.33. The first kappa shape index (κ1) is 27.8. The van der Waals surface area contributed by atoms with Gasteiger partial charge in [0.2, 0.25) is 0 Å². The number of fused-ring (bicyclic) bond motifs is 2. The van der Waals surface area contributed by atoms with Crippen molar-refractivity contribution in [2.24, 2.45) is 0 Å². The molecule has 4 heterocycles. The molecular weight excluding hydrogens is 538 g/mol. The second kappa shape index (κ2) is 12.3. The zero-order valence-electron chi connectivity index (χ0n) is 23.9. The van der Waals surface area contributed by atoms with Crippen molar-refractivity contribution >= 4 is 33.9 Å². The van der Waals surface area contributed by atoms with Gasteiger partial charge in [0, 0.05) is 56.0 Å². The lowest BCUT2D eigenvalue weighted by Gasteiger charge is -2.36. The highest BCUT2D eigenvalue weighted by atomic mass is 35.5.